The van der Waals surface area contributed by atoms with Gasteiger partial charge in [-0.05, 0) is 75.1 Å². The first kappa shape index (κ1) is 28.6. The van der Waals surface area contributed by atoms with E-state index < -0.39 is 5.60 Å². The minimum absolute atomic E-state index is 0.0299. The zero-order valence-electron chi connectivity index (χ0n) is 24.5. The van der Waals surface area contributed by atoms with Gasteiger partial charge in [0.2, 0.25) is 5.78 Å². The van der Waals surface area contributed by atoms with E-state index in [1.165, 1.54) is 5.56 Å². The topological polar surface area (TPSA) is 99.6 Å². The average Bonchev–Trinajstić information content (AvgIpc) is 3.76. The third kappa shape index (κ3) is 7.43. The summed E-state index contributed by atoms with van der Waals surface area (Å²) in [7, 11) is 0. The normalized spacial score (nSPS) is 18.7. The van der Waals surface area contributed by atoms with E-state index in [1.54, 1.807) is 12.3 Å². The summed E-state index contributed by atoms with van der Waals surface area (Å²) >= 11 is 0. The van der Waals surface area contributed by atoms with Crippen LogP contribution in [-0.4, -0.2) is 39.6 Å². The lowest BCUT2D eigenvalue weighted by atomic mass is 9.78. The molecule has 2 aliphatic carbocycles. The van der Waals surface area contributed by atoms with E-state index >= 15 is 0 Å². The highest BCUT2D eigenvalue weighted by Crippen LogP contribution is 2.35. The standard InChI is InChI=1S/C33H39N3O5/c1-32(2,3)41-31(38)36-25-18-28(19-25)40-27-14-10-23(11-15-27)33(4,5)22-8-12-26(13-9-22)39-20-24-16-17-34-30(35-24)29(37)21-6-7-21/h8-17,21,25,28H,6-7,18-20H2,1-5H3,(H,36,38). The van der Waals surface area contributed by atoms with Gasteiger partial charge in [0.25, 0.3) is 0 Å². The number of nitrogens with zero attached hydrogens (tertiary/aromatic N) is 2. The smallest absolute Gasteiger partial charge is 0.407 e. The van der Waals surface area contributed by atoms with Crippen LogP contribution in [0.3, 0.4) is 0 Å². The molecule has 0 atom stereocenters. The molecule has 216 valence electrons. The Hall–Kier alpha value is -3.94. The SMILES string of the molecule is CC(C)(C)OC(=O)NC1CC(Oc2ccc(C(C)(C)c3ccc(OCc4ccnc(C(=O)C5CC5)n4)cc3)cc2)C1. The number of amides is 1. The second kappa shape index (κ2) is 11.5. The number of carbonyl (C=O) groups excluding carboxylic acids is 2. The summed E-state index contributed by atoms with van der Waals surface area (Å²) in [6.45, 7) is 10.2. The highest BCUT2D eigenvalue weighted by molar-refractivity contribution is 5.95. The summed E-state index contributed by atoms with van der Waals surface area (Å²) < 4.78 is 17.4. The fourth-order valence-electron chi connectivity index (χ4n) is 4.81. The number of nitrogens with one attached hydrogen (secondary N) is 1. The first-order chi connectivity index (χ1) is 19.5. The van der Waals surface area contributed by atoms with Crippen LogP contribution in [0.5, 0.6) is 11.5 Å². The highest BCUT2D eigenvalue weighted by Gasteiger charge is 2.34. The number of benzene rings is 2. The molecule has 8 nitrogen and oxygen atoms in total. The van der Waals surface area contributed by atoms with Gasteiger partial charge >= 0.3 is 6.09 Å². The Morgan fingerprint density at radius 2 is 1.49 bits per heavy atom. The first-order valence-corrected chi connectivity index (χ1v) is 14.3. The van der Waals surface area contributed by atoms with Crippen molar-refractivity contribution in [1.82, 2.24) is 15.3 Å². The van der Waals surface area contributed by atoms with E-state index in [0.717, 1.165) is 42.7 Å². The van der Waals surface area contributed by atoms with Crippen molar-refractivity contribution in [3.63, 3.8) is 0 Å². The predicted molar refractivity (Wildman–Crippen MR) is 155 cm³/mol. The molecule has 5 rings (SSSR count). The van der Waals surface area contributed by atoms with Gasteiger partial charge in [-0.15, -0.1) is 0 Å². The number of aromatic nitrogens is 2. The van der Waals surface area contributed by atoms with Gasteiger partial charge in [-0.25, -0.2) is 14.8 Å². The molecule has 1 amide bonds. The lowest BCUT2D eigenvalue weighted by Crippen LogP contribution is -2.50. The Morgan fingerprint density at radius 1 is 0.878 bits per heavy atom. The van der Waals surface area contributed by atoms with Gasteiger partial charge in [0.15, 0.2) is 5.82 Å². The number of hydrogen-bond acceptors (Lipinski definition) is 7. The monoisotopic (exact) mass is 557 g/mol. The van der Waals surface area contributed by atoms with Gasteiger partial charge in [0.1, 0.15) is 29.8 Å². The van der Waals surface area contributed by atoms with Gasteiger partial charge in [-0.3, -0.25) is 4.79 Å². The van der Waals surface area contributed by atoms with E-state index in [1.807, 2.05) is 45.0 Å². The molecule has 1 N–H and O–H groups in total. The Labute approximate surface area is 241 Å². The van der Waals surface area contributed by atoms with Crippen molar-refractivity contribution in [3.8, 4) is 11.5 Å². The second-order valence-electron chi connectivity index (χ2n) is 12.5. The van der Waals surface area contributed by atoms with Crippen molar-refractivity contribution in [2.75, 3.05) is 0 Å². The number of Topliss-reactive ketones (excluding diaryl/α,β-unsaturated/α-hetero) is 1. The van der Waals surface area contributed by atoms with Crippen LogP contribution in [0.15, 0.2) is 60.8 Å². The largest absolute Gasteiger partial charge is 0.490 e. The number of rotatable bonds is 10. The summed E-state index contributed by atoms with van der Waals surface area (Å²) in [5, 5.41) is 2.90. The van der Waals surface area contributed by atoms with E-state index in [0.29, 0.717) is 5.69 Å². The molecule has 8 heteroatoms. The summed E-state index contributed by atoms with van der Waals surface area (Å²) in [5.74, 6) is 1.97. The quantitative estimate of drug-likeness (QED) is 0.288. The molecule has 0 bridgehead atoms. The van der Waals surface area contributed by atoms with Crippen LogP contribution >= 0.6 is 0 Å². The van der Waals surface area contributed by atoms with Gasteiger partial charge in [0, 0.05) is 36.4 Å². The lowest BCUT2D eigenvalue weighted by molar-refractivity contribution is 0.0362. The van der Waals surface area contributed by atoms with Crippen LogP contribution in [0, 0.1) is 5.92 Å². The molecule has 41 heavy (non-hydrogen) atoms. The van der Waals surface area contributed by atoms with Crippen molar-refractivity contribution in [3.05, 3.63) is 83.4 Å². The minimum atomic E-state index is -0.504. The van der Waals surface area contributed by atoms with E-state index in [4.69, 9.17) is 14.2 Å². The van der Waals surface area contributed by atoms with Gasteiger partial charge in [-0.1, -0.05) is 38.1 Å². The molecule has 0 aliphatic heterocycles. The van der Waals surface area contributed by atoms with Crippen LogP contribution < -0.4 is 14.8 Å². The number of ketones is 1. The molecule has 3 aromatic rings. The Bertz CT molecular complexity index is 1370. The molecular formula is C33H39N3O5. The number of ether oxygens (including phenoxy) is 3. The van der Waals surface area contributed by atoms with Crippen molar-refractivity contribution in [1.29, 1.82) is 0 Å². The van der Waals surface area contributed by atoms with Crippen molar-refractivity contribution in [2.24, 2.45) is 5.92 Å². The second-order valence-corrected chi connectivity index (χ2v) is 12.5. The van der Waals surface area contributed by atoms with Gasteiger partial charge in [-0.2, -0.15) is 0 Å². The molecule has 0 saturated heterocycles. The van der Waals surface area contributed by atoms with Crippen LogP contribution in [0.4, 0.5) is 4.79 Å². The highest BCUT2D eigenvalue weighted by atomic mass is 16.6. The number of alkyl carbamates (subject to hydrolysis) is 1. The maximum Gasteiger partial charge on any atom is 0.407 e. The van der Waals surface area contributed by atoms with E-state index in [9.17, 15) is 9.59 Å². The lowest BCUT2D eigenvalue weighted by Gasteiger charge is -2.36. The fraction of sp³-hybridized carbons (Fsp3) is 0.455. The minimum Gasteiger partial charge on any atom is -0.490 e. The van der Waals surface area contributed by atoms with E-state index in [2.05, 4.69) is 53.4 Å². The maximum absolute atomic E-state index is 12.3. The van der Waals surface area contributed by atoms with Crippen molar-refractivity contribution >= 4 is 11.9 Å². The Balaban J connectivity index is 1.11. The van der Waals surface area contributed by atoms with Crippen LogP contribution in [0.2, 0.25) is 0 Å². The van der Waals surface area contributed by atoms with E-state index in [-0.39, 0.29) is 47.8 Å². The molecule has 0 unspecified atom stereocenters. The Kier molecular flexibility index (Phi) is 8.02. The van der Waals surface area contributed by atoms with Crippen LogP contribution in [-0.2, 0) is 16.8 Å². The Morgan fingerprint density at radius 3 is 2.07 bits per heavy atom. The molecule has 0 spiro atoms. The summed E-state index contributed by atoms with van der Waals surface area (Å²) in [5.41, 5.74) is 2.29. The van der Waals surface area contributed by atoms with Gasteiger partial charge < -0.3 is 19.5 Å². The maximum atomic E-state index is 12.3. The molecule has 1 aromatic heterocycles. The van der Waals surface area contributed by atoms with Crippen LogP contribution in [0.1, 0.15) is 87.7 Å². The average molecular weight is 558 g/mol. The van der Waals surface area contributed by atoms with Crippen molar-refractivity contribution < 1.29 is 23.8 Å². The summed E-state index contributed by atoms with van der Waals surface area (Å²) in [6.07, 6.45) is 4.70. The fourth-order valence-corrected chi connectivity index (χ4v) is 4.81. The summed E-state index contributed by atoms with van der Waals surface area (Å²) in [6, 6.07) is 18.2. The zero-order chi connectivity index (χ0) is 29.2. The third-order valence-electron chi connectivity index (χ3n) is 7.54. The van der Waals surface area contributed by atoms with Gasteiger partial charge in [0.05, 0.1) is 5.69 Å². The molecule has 2 aromatic carbocycles. The first-order valence-electron chi connectivity index (χ1n) is 14.3. The number of hydrogen-bond donors (Lipinski definition) is 1. The molecule has 1 heterocycles. The molecular weight excluding hydrogens is 518 g/mol. The number of carbonyl (C=O) groups is 2. The zero-order valence-corrected chi connectivity index (χ0v) is 24.5. The van der Waals surface area contributed by atoms with Crippen LogP contribution in [0.25, 0.3) is 0 Å². The molecule has 2 fully saturated rings. The molecule has 0 radical (unpaired) electrons. The molecule has 2 saturated carbocycles. The predicted octanol–water partition coefficient (Wildman–Crippen LogP) is 6.41. The third-order valence-corrected chi connectivity index (χ3v) is 7.54. The van der Waals surface area contributed by atoms with Crippen molar-refractivity contribution in [2.45, 2.75) is 90.1 Å². The molecule has 2 aliphatic rings. The summed E-state index contributed by atoms with van der Waals surface area (Å²) in [4.78, 5) is 32.7.